The summed E-state index contributed by atoms with van der Waals surface area (Å²) in [6.07, 6.45) is 1.81. The molecule has 0 spiro atoms. The van der Waals surface area contributed by atoms with Gasteiger partial charge in [0.25, 0.3) is 0 Å². The van der Waals surface area contributed by atoms with Crippen molar-refractivity contribution in [2.75, 3.05) is 13.2 Å². The highest BCUT2D eigenvalue weighted by Gasteiger charge is 2.37. The fraction of sp³-hybridized carbons (Fsp3) is 0.643. The Morgan fingerprint density at radius 2 is 2.00 bits per heavy atom. The first-order chi connectivity index (χ1) is 8.67. The molecule has 1 unspecified atom stereocenters. The Labute approximate surface area is 126 Å². The summed E-state index contributed by atoms with van der Waals surface area (Å²) in [5.41, 5.74) is 6.87. The molecule has 0 aliphatic heterocycles. The Morgan fingerprint density at radius 1 is 1.37 bits per heavy atom. The van der Waals surface area contributed by atoms with Gasteiger partial charge in [-0.25, -0.2) is 0 Å². The Balaban J connectivity index is 2.71. The lowest BCUT2D eigenvalue weighted by Crippen LogP contribution is -2.42. The Hall–Kier alpha value is -0.233. The molecule has 5 heteroatoms. The van der Waals surface area contributed by atoms with E-state index in [9.17, 15) is 0 Å². The topological polar surface area (TPSA) is 48.1 Å². The summed E-state index contributed by atoms with van der Waals surface area (Å²) in [4.78, 5) is 4.42. The summed E-state index contributed by atoms with van der Waals surface area (Å²) in [6.45, 7) is 12.5. The fourth-order valence-corrected chi connectivity index (χ4v) is 2.71. The second-order valence-corrected chi connectivity index (χ2v) is 12.1. The van der Waals surface area contributed by atoms with Crippen LogP contribution in [0.4, 0.5) is 0 Å². The van der Waals surface area contributed by atoms with Crippen LogP contribution in [-0.2, 0) is 4.43 Å². The number of rotatable bonds is 5. The average molecular weight is 345 g/mol. The average Bonchev–Trinajstić information content (AvgIpc) is 2.30. The summed E-state index contributed by atoms with van der Waals surface area (Å²) in [5, 5.41) is 0.222. The van der Waals surface area contributed by atoms with Gasteiger partial charge in [0, 0.05) is 35.4 Å². The molecule has 0 saturated carbocycles. The lowest BCUT2D eigenvalue weighted by Gasteiger charge is -2.37. The van der Waals surface area contributed by atoms with Crippen LogP contribution in [0, 0.1) is 0 Å². The van der Waals surface area contributed by atoms with Gasteiger partial charge in [-0.3, -0.25) is 4.98 Å². The normalized spacial score (nSPS) is 14.5. The van der Waals surface area contributed by atoms with Crippen LogP contribution in [0.2, 0.25) is 18.1 Å². The number of nitrogens with zero attached hydrogens (tertiary/aromatic N) is 1. The van der Waals surface area contributed by atoms with Gasteiger partial charge in [-0.15, -0.1) is 0 Å². The van der Waals surface area contributed by atoms with Crippen LogP contribution in [0.15, 0.2) is 22.8 Å². The van der Waals surface area contributed by atoms with Crippen molar-refractivity contribution in [2.45, 2.75) is 44.8 Å². The molecule has 0 saturated heterocycles. The van der Waals surface area contributed by atoms with E-state index in [1.165, 1.54) is 0 Å². The summed E-state index contributed by atoms with van der Waals surface area (Å²) in [5.74, 6) is 0.169. The fourth-order valence-electron chi connectivity index (χ4n) is 1.43. The maximum Gasteiger partial charge on any atom is 0.192 e. The van der Waals surface area contributed by atoms with Crippen molar-refractivity contribution >= 4 is 24.2 Å². The van der Waals surface area contributed by atoms with E-state index in [1.807, 2.05) is 18.3 Å². The monoisotopic (exact) mass is 344 g/mol. The van der Waals surface area contributed by atoms with Gasteiger partial charge in [0.2, 0.25) is 0 Å². The van der Waals surface area contributed by atoms with E-state index in [4.69, 9.17) is 10.2 Å². The SMILES string of the molecule is CC(C)(C)[Si](C)(C)OCC(CN)c1ccc(Br)cn1. The molecule has 19 heavy (non-hydrogen) atoms. The van der Waals surface area contributed by atoms with Crippen LogP contribution >= 0.6 is 15.9 Å². The van der Waals surface area contributed by atoms with E-state index in [1.54, 1.807) is 0 Å². The highest BCUT2D eigenvalue weighted by Crippen LogP contribution is 2.37. The lowest BCUT2D eigenvalue weighted by atomic mass is 10.1. The highest BCUT2D eigenvalue weighted by atomic mass is 79.9. The van der Waals surface area contributed by atoms with Gasteiger partial charge < -0.3 is 10.2 Å². The molecule has 0 fully saturated rings. The van der Waals surface area contributed by atoms with Crippen molar-refractivity contribution in [1.29, 1.82) is 0 Å². The standard InChI is InChI=1S/C14H25BrN2OSi/c1-14(2,3)19(4,5)18-10-11(8-16)13-7-6-12(15)9-17-13/h6-7,9,11H,8,10,16H2,1-5H3. The van der Waals surface area contributed by atoms with Gasteiger partial charge in [0.1, 0.15) is 0 Å². The highest BCUT2D eigenvalue weighted by molar-refractivity contribution is 9.10. The minimum Gasteiger partial charge on any atom is -0.416 e. The van der Waals surface area contributed by atoms with E-state index >= 15 is 0 Å². The van der Waals surface area contributed by atoms with Gasteiger partial charge in [0.15, 0.2) is 8.32 Å². The first-order valence-electron chi connectivity index (χ1n) is 6.63. The van der Waals surface area contributed by atoms with E-state index in [0.717, 1.165) is 10.2 Å². The molecule has 3 nitrogen and oxygen atoms in total. The van der Waals surface area contributed by atoms with Crippen molar-refractivity contribution in [3.05, 3.63) is 28.5 Å². The van der Waals surface area contributed by atoms with Gasteiger partial charge in [-0.2, -0.15) is 0 Å². The second kappa shape index (κ2) is 6.48. The molecular weight excluding hydrogens is 320 g/mol. The predicted octanol–water partition coefficient (Wildman–Crippen LogP) is 3.91. The summed E-state index contributed by atoms with van der Waals surface area (Å²) in [7, 11) is -1.72. The molecule has 1 aromatic heterocycles. The number of halogens is 1. The van der Waals surface area contributed by atoms with Gasteiger partial charge >= 0.3 is 0 Å². The third kappa shape index (κ3) is 4.67. The lowest BCUT2D eigenvalue weighted by molar-refractivity contribution is 0.262. The molecule has 0 bridgehead atoms. The van der Waals surface area contributed by atoms with Crippen LogP contribution in [0.25, 0.3) is 0 Å². The van der Waals surface area contributed by atoms with Crippen LogP contribution in [0.3, 0.4) is 0 Å². The summed E-state index contributed by atoms with van der Waals surface area (Å²) < 4.78 is 7.22. The first kappa shape index (κ1) is 16.8. The van der Waals surface area contributed by atoms with Crippen molar-refractivity contribution in [1.82, 2.24) is 4.98 Å². The number of aromatic nitrogens is 1. The molecule has 0 radical (unpaired) electrons. The van der Waals surface area contributed by atoms with Gasteiger partial charge in [-0.05, 0) is 46.2 Å². The van der Waals surface area contributed by atoms with Gasteiger partial charge in [-0.1, -0.05) is 20.8 Å². The minimum atomic E-state index is -1.72. The molecule has 108 valence electrons. The van der Waals surface area contributed by atoms with Crippen molar-refractivity contribution in [3.63, 3.8) is 0 Å². The number of hydrogen-bond acceptors (Lipinski definition) is 3. The third-order valence-electron chi connectivity index (χ3n) is 3.90. The molecule has 0 amide bonds. The zero-order valence-electron chi connectivity index (χ0n) is 12.5. The van der Waals surface area contributed by atoms with Gasteiger partial charge in [0.05, 0.1) is 0 Å². The molecule has 1 rings (SSSR count). The number of hydrogen-bond donors (Lipinski definition) is 1. The molecule has 0 aromatic carbocycles. The molecule has 0 aliphatic rings. The molecule has 0 aliphatic carbocycles. The second-order valence-electron chi connectivity index (χ2n) is 6.41. The minimum absolute atomic E-state index is 0.169. The smallest absolute Gasteiger partial charge is 0.192 e. The Bertz CT molecular complexity index is 401. The van der Waals surface area contributed by atoms with Crippen LogP contribution in [0.5, 0.6) is 0 Å². The molecule has 2 N–H and O–H groups in total. The van der Waals surface area contributed by atoms with E-state index in [0.29, 0.717) is 13.2 Å². The quantitative estimate of drug-likeness (QED) is 0.823. The van der Waals surface area contributed by atoms with Crippen molar-refractivity contribution in [3.8, 4) is 0 Å². The van der Waals surface area contributed by atoms with Crippen LogP contribution in [-0.4, -0.2) is 26.5 Å². The van der Waals surface area contributed by atoms with E-state index in [-0.39, 0.29) is 11.0 Å². The molecular formula is C14H25BrN2OSi. The van der Waals surface area contributed by atoms with E-state index < -0.39 is 8.32 Å². The number of nitrogens with two attached hydrogens (primary N) is 1. The predicted molar refractivity (Wildman–Crippen MR) is 86.9 cm³/mol. The molecule has 1 aromatic rings. The van der Waals surface area contributed by atoms with E-state index in [2.05, 4.69) is 54.8 Å². The maximum absolute atomic E-state index is 6.24. The van der Waals surface area contributed by atoms with Crippen molar-refractivity contribution in [2.24, 2.45) is 5.73 Å². The number of pyridine rings is 1. The zero-order chi connectivity index (χ0) is 14.7. The first-order valence-corrected chi connectivity index (χ1v) is 10.3. The Kier molecular flexibility index (Phi) is 5.74. The summed E-state index contributed by atoms with van der Waals surface area (Å²) in [6, 6.07) is 4.01. The zero-order valence-corrected chi connectivity index (χ0v) is 15.1. The molecule has 1 atom stereocenters. The van der Waals surface area contributed by atoms with Crippen molar-refractivity contribution < 1.29 is 4.43 Å². The molecule has 1 heterocycles. The largest absolute Gasteiger partial charge is 0.416 e. The Morgan fingerprint density at radius 3 is 2.42 bits per heavy atom. The third-order valence-corrected chi connectivity index (χ3v) is 8.87. The maximum atomic E-state index is 6.24. The summed E-state index contributed by atoms with van der Waals surface area (Å²) >= 11 is 3.40. The van der Waals surface area contributed by atoms with Crippen LogP contribution < -0.4 is 5.73 Å². The van der Waals surface area contributed by atoms with Crippen LogP contribution in [0.1, 0.15) is 32.4 Å².